The Balaban J connectivity index is 1.29. The minimum Gasteiger partial charge on any atom is -0.497 e. The molecule has 47 heavy (non-hydrogen) atoms. The monoisotopic (exact) mass is 611 g/mol. The zero-order valence-electron chi connectivity index (χ0n) is 26.7. The molecule has 6 aromatic rings. The van der Waals surface area contributed by atoms with Crippen LogP contribution >= 0.6 is 0 Å². The molecule has 0 aliphatic heterocycles. The average Bonchev–Trinajstić information content (AvgIpc) is 3.14. The van der Waals surface area contributed by atoms with E-state index in [0.717, 1.165) is 61.9 Å². The largest absolute Gasteiger partial charge is 0.497 e. The number of anilines is 3. The molecule has 6 rings (SSSR count). The van der Waals surface area contributed by atoms with Crippen LogP contribution in [-0.4, -0.2) is 14.2 Å². The van der Waals surface area contributed by atoms with Gasteiger partial charge in [-0.1, -0.05) is 109 Å². The fraction of sp³-hybridized carbons (Fsp3) is 0.0455. The van der Waals surface area contributed by atoms with Crippen LogP contribution < -0.4 is 14.4 Å². The molecule has 0 unspecified atom stereocenters. The summed E-state index contributed by atoms with van der Waals surface area (Å²) < 4.78 is 10.8. The van der Waals surface area contributed by atoms with Gasteiger partial charge in [-0.25, -0.2) is 0 Å². The number of benzene rings is 6. The molecule has 0 radical (unpaired) electrons. The highest BCUT2D eigenvalue weighted by Crippen LogP contribution is 2.34. The Kier molecular flexibility index (Phi) is 10.1. The van der Waals surface area contributed by atoms with Crippen molar-refractivity contribution in [1.29, 1.82) is 0 Å². The van der Waals surface area contributed by atoms with Gasteiger partial charge in [-0.15, -0.1) is 0 Å². The van der Waals surface area contributed by atoms with Crippen LogP contribution in [-0.2, 0) is 0 Å². The molecule has 0 N–H and O–H groups in total. The van der Waals surface area contributed by atoms with E-state index in [1.165, 1.54) is 0 Å². The van der Waals surface area contributed by atoms with Gasteiger partial charge in [0.05, 0.1) is 14.2 Å². The van der Waals surface area contributed by atoms with Gasteiger partial charge in [0, 0.05) is 17.1 Å². The molecule has 3 nitrogen and oxygen atoms in total. The summed E-state index contributed by atoms with van der Waals surface area (Å²) >= 11 is 0. The van der Waals surface area contributed by atoms with Crippen molar-refractivity contribution in [2.45, 2.75) is 0 Å². The average molecular weight is 612 g/mol. The third kappa shape index (κ3) is 8.36. The summed E-state index contributed by atoms with van der Waals surface area (Å²) in [6.07, 6.45) is 12.9. The fourth-order valence-electron chi connectivity index (χ4n) is 5.39. The highest BCUT2D eigenvalue weighted by molar-refractivity contribution is 5.80. The molecule has 3 heteroatoms. The van der Waals surface area contributed by atoms with E-state index in [-0.39, 0.29) is 0 Å². The zero-order valence-corrected chi connectivity index (χ0v) is 26.7. The summed E-state index contributed by atoms with van der Waals surface area (Å²) in [5.74, 6) is 1.68. The predicted molar refractivity (Wildman–Crippen MR) is 200 cm³/mol. The first-order chi connectivity index (χ1) is 23.2. The second-order valence-electron chi connectivity index (χ2n) is 11.1. The highest BCUT2D eigenvalue weighted by Gasteiger charge is 2.11. The van der Waals surface area contributed by atoms with E-state index in [1.807, 2.05) is 48.5 Å². The summed E-state index contributed by atoms with van der Waals surface area (Å²) in [7, 11) is 3.38. The number of nitrogens with zero attached hydrogens (tertiary/aromatic N) is 1. The Morgan fingerprint density at radius 1 is 0.340 bits per heavy atom. The number of ether oxygens (including phenoxy) is 2. The molecule has 0 aliphatic carbocycles. The predicted octanol–water partition coefficient (Wildman–Crippen LogP) is 11.7. The third-order valence-corrected chi connectivity index (χ3v) is 7.77. The molecular formula is C44H37NO2. The molecule has 0 amide bonds. The van der Waals surface area contributed by atoms with Crippen molar-refractivity contribution in [1.82, 2.24) is 0 Å². The Bertz CT molecular complexity index is 1880. The van der Waals surface area contributed by atoms with Gasteiger partial charge in [-0.2, -0.15) is 0 Å². The molecular weight excluding hydrogens is 574 g/mol. The standard InChI is InChI=1S/C44H37NO2/c1-46-43-17-9-11-35(32-43)20-23-38-29-37(30-39(31-38)24-21-36-12-10-18-44(33-36)47-2)22-19-34-25-27-42(28-26-34)45(40-13-5-3-6-14-40)41-15-7-4-8-16-41/h3-33H,1-2H3/b22-19+,23-20+,24-21+. The summed E-state index contributed by atoms with van der Waals surface area (Å²) in [5, 5.41) is 0. The molecule has 0 heterocycles. The SMILES string of the molecule is COc1cccc(/C=C/c2cc(/C=C/c3ccc(N(c4ccccc4)c4ccccc4)cc3)cc(/C=C/c3cccc(OC)c3)c2)c1. The molecule has 0 saturated carbocycles. The first-order valence-electron chi connectivity index (χ1n) is 15.6. The third-order valence-electron chi connectivity index (χ3n) is 7.77. The van der Waals surface area contributed by atoms with Gasteiger partial charge < -0.3 is 14.4 Å². The molecule has 0 aromatic heterocycles. The number of methoxy groups -OCH3 is 2. The van der Waals surface area contributed by atoms with Crippen molar-refractivity contribution < 1.29 is 9.47 Å². The highest BCUT2D eigenvalue weighted by atomic mass is 16.5. The van der Waals surface area contributed by atoms with Crippen molar-refractivity contribution in [2.75, 3.05) is 19.1 Å². The number of rotatable bonds is 11. The maximum atomic E-state index is 5.41. The van der Waals surface area contributed by atoms with E-state index in [2.05, 4.69) is 144 Å². The van der Waals surface area contributed by atoms with E-state index in [0.29, 0.717) is 0 Å². The minimum atomic E-state index is 0.840. The maximum Gasteiger partial charge on any atom is 0.119 e. The van der Waals surface area contributed by atoms with Crippen molar-refractivity contribution in [3.05, 3.63) is 185 Å². The van der Waals surface area contributed by atoms with Crippen LogP contribution in [0.4, 0.5) is 17.1 Å². The van der Waals surface area contributed by atoms with Gasteiger partial charge in [0.25, 0.3) is 0 Å². The van der Waals surface area contributed by atoms with Crippen molar-refractivity contribution in [3.8, 4) is 11.5 Å². The topological polar surface area (TPSA) is 21.7 Å². The molecule has 0 fully saturated rings. The van der Waals surface area contributed by atoms with Crippen LogP contribution in [0.2, 0.25) is 0 Å². The van der Waals surface area contributed by atoms with Gasteiger partial charge in [-0.05, 0) is 112 Å². The molecule has 230 valence electrons. The van der Waals surface area contributed by atoms with Crippen molar-refractivity contribution >= 4 is 53.5 Å². The Labute approximate surface area is 278 Å². The summed E-state index contributed by atoms with van der Waals surface area (Å²) in [4.78, 5) is 2.27. The first-order valence-corrected chi connectivity index (χ1v) is 15.6. The molecule has 0 spiro atoms. The lowest BCUT2D eigenvalue weighted by Gasteiger charge is -2.25. The smallest absolute Gasteiger partial charge is 0.119 e. The van der Waals surface area contributed by atoms with Crippen LogP contribution in [0.5, 0.6) is 11.5 Å². The Morgan fingerprint density at radius 3 is 1.15 bits per heavy atom. The molecule has 6 aromatic carbocycles. The zero-order chi connectivity index (χ0) is 32.3. The second kappa shape index (κ2) is 15.3. The molecule has 0 atom stereocenters. The number of hydrogen-bond acceptors (Lipinski definition) is 3. The van der Waals surface area contributed by atoms with Crippen molar-refractivity contribution in [3.63, 3.8) is 0 Å². The van der Waals surface area contributed by atoms with Gasteiger partial charge in [0.2, 0.25) is 0 Å². The van der Waals surface area contributed by atoms with Crippen LogP contribution in [0.15, 0.2) is 152 Å². The van der Waals surface area contributed by atoms with Crippen LogP contribution in [0, 0.1) is 0 Å². The maximum absolute atomic E-state index is 5.41. The Morgan fingerprint density at radius 2 is 0.723 bits per heavy atom. The number of hydrogen-bond donors (Lipinski definition) is 0. The summed E-state index contributed by atoms with van der Waals surface area (Å²) in [6, 6.07) is 52.4. The lowest BCUT2D eigenvalue weighted by atomic mass is 10.0. The van der Waals surface area contributed by atoms with Gasteiger partial charge in [0.1, 0.15) is 11.5 Å². The second-order valence-corrected chi connectivity index (χ2v) is 11.1. The van der Waals surface area contributed by atoms with E-state index in [4.69, 9.17) is 9.47 Å². The van der Waals surface area contributed by atoms with E-state index in [1.54, 1.807) is 14.2 Å². The van der Waals surface area contributed by atoms with Crippen molar-refractivity contribution in [2.24, 2.45) is 0 Å². The Hall–Kier alpha value is -6.06. The van der Waals surface area contributed by atoms with Crippen LogP contribution in [0.3, 0.4) is 0 Å². The molecule has 0 aliphatic rings. The summed E-state index contributed by atoms with van der Waals surface area (Å²) in [6.45, 7) is 0. The minimum absolute atomic E-state index is 0.840. The van der Waals surface area contributed by atoms with Crippen LogP contribution in [0.1, 0.15) is 33.4 Å². The van der Waals surface area contributed by atoms with E-state index in [9.17, 15) is 0 Å². The quantitative estimate of drug-likeness (QED) is 0.136. The van der Waals surface area contributed by atoms with Gasteiger partial charge in [-0.3, -0.25) is 0 Å². The van der Waals surface area contributed by atoms with E-state index >= 15 is 0 Å². The van der Waals surface area contributed by atoms with Gasteiger partial charge >= 0.3 is 0 Å². The lowest BCUT2D eigenvalue weighted by molar-refractivity contribution is 0.414. The lowest BCUT2D eigenvalue weighted by Crippen LogP contribution is -2.09. The first kappa shape index (κ1) is 30.9. The number of para-hydroxylation sites is 2. The normalized spacial score (nSPS) is 11.4. The van der Waals surface area contributed by atoms with Gasteiger partial charge in [0.15, 0.2) is 0 Å². The molecule has 0 saturated heterocycles. The summed E-state index contributed by atoms with van der Waals surface area (Å²) in [5.41, 5.74) is 9.97. The fourth-order valence-corrected chi connectivity index (χ4v) is 5.39. The molecule has 0 bridgehead atoms. The van der Waals surface area contributed by atoms with Crippen LogP contribution in [0.25, 0.3) is 36.5 Å². The van der Waals surface area contributed by atoms with E-state index < -0.39 is 0 Å².